The molecule has 2 N–H and O–H groups in total. The number of benzene rings is 2. The zero-order chi connectivity index (χ0) is 20.9. The summed E-state index contributed by atoms with van der Waals surface area (Å²) < 4.78 is 2.00. The summed E-state index contributed by atoms with van der Waals surface area (Å²) in [7, 11) is 0. The molecule has 1 fully saturated rings. The minimum Gasteiger partial charge on any atom is -0.393 e. The summed E-state index contributed by atoms with van der Waals surface area (Å²) in [5, 5.41) is 12.7. The molecule has 6 heteroatoms. The molecule has 0 bridgehead atoms. The molecule has 0 spiro atoms. The summed E-state index contributed by atoms with van der Waals surface area (Å²) >= 11 is 0. The molecule has 1 aliphatic rings. The lowest BCUT2D eigenvalue weighted by Gasteiger charge is -2.29. The highest BCUT2D eigenvalue weighted by Crippen LogP contribution is 2.17. The summed E-state index contributed by atoms with van der Waals surface area (Å²) in [5.74, 6) is 0.921. The molecule has 158 valence electrons. The predicted molar refractivity (Wildman–Crippen MR) is 118 cm³/mol. The van der Waals surface area contributed by atoms with E-state index in [1.165, 1.54) is 5.56 Å². The van der Waals surface area contributed by atoms with Crippen molar-refractivity contribution in [3.05, 3.63) is 65.5 Å². The molecule has 1 saturated heterocycles. The second kappa shape index (κ2) is 9.41. The highest BCUT2D eigenvalue weighted by Gasteiger charge is 2.17. The lowest BCUT2D eigenvalue weighted by molar-refractivity contribution is -0.121. The Balaban J connectivity index is 1.31. The van der Waals surface area contributed by atoms with Gasteiger partial charge < -0.3 is 15.0 Å². The van der Waals surface area contributed by atoms with Gasteiger partial charge in [-0.2, -0.15) is 0 Å². The lowest BCUT2D eigenvalue weighted by Crippen LogP contribution is -2.35. The Morgan fingerprint density at radius 2 is 1.80 bits per heavy atom. The Bertz CT molecular complexity index is 988. The first-order valence-electron chi connectivity index (χ1n) is 10.8. The number of aryl methyl sites for hydroxylation is 1. The van der Waals surface area contributed by atoms with Crippen molar-refractivity contribution in [2.45, 2.75) is 51.9 Å². The number of aliphatic hydroxyl groups is 1. The van der Waals surface area contributed by atoms with Gasteiger partial charge in [-0.1, -0.05) is 43.3 Å². The van der Waals surface area contributed by atoms with Gasteiger partial charge in [-0.15, -0.1) is 0 Å². The summed E-state index contributed by atoms with van der Waals surface area (Å²) in [6.07, 6.45) is 2.37. The van der Waals surface area contributed by atoms with Crippen LogP contribution in [0.25, 0.3) is 11.0 Å². The van der Waals surface area contributed by atoms with Crippen LogP contribution in [-0.2, 0) is 30.8 Å². The molecular weight excluding hydrogens is 376 g/mol. The van der Waals surface area contributed by atoms with Crippen LogP contribution in [0.1, 0.15) is 36.7 Å². The predicted octanol–water partition coefficient (Wildman–Crippen LogP) is 2.87. The van der Waals surface area contributed by atoms with Gasteiger partial charge in [-0.3, -0.25) is 9.69 Å². The van der Waals surface area contributed by atoms with Crippen LogP contribution in [-0.4, -0.2) is 44.7 Å². The minimum absolute atomic E-state index is 0.0104. The van der Waals surface area contributed by atoms with Crippen LogP contribution in [0.4, 0.5) is 0 Å². The molecule has 1 amide bonds. The lowest BCUT2D eigenvalue weighted by atomic mass is 10.1. The quantitative estimate of drug-likeness (QED) is 0.633. The summed E-state index contributed by atoms with van der Waals surface area (Å²) in [6, 6.07) is 16.4. The van der Waals surface area contributed by atoms with E-state index in [0.717, 1.165) is 61.3 Å². The van der Waals surface area contributed by atoms with Crippen molar-refractivity contribution in [3.8, 4) is 0 Å². The van der Waals surface area contributed by atoms with Crippen molar-refractivity contribution < 1.29 is 9.90 Å². The Hall–Kier alpha value is -2.70. The number of fused-ring (bicyclic) bond motifs is 1. The molecule has 2 aromatic carbocycles. The third-order valence-corrected chi connectivity index (χ3v) is 5.83. The molecular formula is C24H30N4O2. The van der Waals surface area contributed by atoms with Crippen LogP contribution in [0.2, 0.25) is 0 Å². The number of rotatable bonds is 7. The molecule has 0 aliphatic carbocycles. The standard InChI is InChI=1S/C24H30N4O2/c1-2-23-26-21-5-3-4-6-22(21)28(23)17-24(30)25-15-18-7-9-19(10-8-18)16-27-13-11-20(29)12-14-27/h3-10,20,29H,2,11-17H2,1H3,(H,25,30). The number of carbonyl (C=O) groups is 1. The number of nitrogens with one attached hydrogen (secondary N) is 1. The van der Waals surface area contributed by atoms with E-state index in [4.69, 9.17) is 0 Å². The van der Waals surface area contributed by atoms with Gasteiger partial charge in [-0.25, -0.2) is 4.98 Å². The van der Waals surface area contributed by atoms with E-state index in [0.29, 0.717) is 6.54 Å². The molecule has 1 aromatic heterocycles. The Labute approximate surface area is 177 Å². The molecule has 30 heavy (non-hydrogen) atoms. The summed E-state index contributed by atoms with van der Waals surface area (Å²) in [6.45, 7) is 5.66. The van der Waals surface area contributed by atoms with Crippen molar-refractivity contribution in [2.24, 2.45) is 0 Å². The van der Waals surface area contributed by atoms with Gasteiger partial charge in [0.1, 0.15) is 12.4 Å². The van der Waals surface area contributed by atoms with E-state index in [9.17, 15) is 9.90 Å². The maximum Gasteiger partial charge on any atom is 0.240 e. The fraction of sp³-hybridized carbons (Fsp3) is 0.417. The SMILES string of the molecule is CCc1nc2ccccc2n1CC(=O)NCc1ccc(CN2CCC(O)CC2)cc1. The number of aromatic nitrogens is 2. The van der Waals surface area contributed by atoms with E-state index in [1.807, 2.05) is 28.8 Å². The first-order chi connectivity index (χ1) is 14.6. The van der Waals surface area contributed by atoms with Crippen LogP contribution in [0, 0.1) is 0 Å². The Morgan fingerprint density at radius 3 is 2.53 bits per heavy atom. The number of imidazole rings is 1. The number of hydrogen-bond acceptors (Lipinski definition) is 4. The summed E-state index contributed by atoms with van der Waals surface area (Å²) in [4.78, 5) is 19.6. The van der Waals surface area contributed by atoms with Crippen molar-refractivity contribution in [1.82, 2.24) is 19.8 Å². The average Bonchev–Trinajstić information content (AvgIpc) is 3.12. The monoisotopic (exact) mass is 406 g/mol. The van der Waals surface area contributed by atoms with Gasteiger partial charge in [0.25, 0.3) is 0 Å². The van der Waals surface area contributed by atoms with E-state index in [2.05, 4.69) is 46.4 Å². The topological polar surface area (TPSA) is 70.4 Å². The number of amides is 1. The first-order valence-corrected chi connectivity index (χ1v) is 10.8. The van der Waals surface area contributed by atoms with Gasteiger partial charge in [-0.05, 0) is 36.1 Å². The number of para-hydroxylation sites is 2. The third kappa shape index (κ3) is 4.89. The third-order valence-electron chi connectivity index (χ3n) is 5.83. The largest absolute Gasteiger partial charge is 0.393 e. The number of piperidine rings is 1. The number of carbonyl (C=O) groups excluding carboxylic acids is 1. The number of nitrogens with zero attached hydrogens (tertiary/aromatic N) is 3. The molecule has 0 unspecified atom stereocenters. The molecule has 0 saturated carbocycles. The highest BCUT2D eigenvalue weighted by atomic mass is 16.3. The maximum atomic E-state index is 12.6. The smallest absolute Gasteiger partial charge is 0.240 e. The number of hydrogen-bond donors (Lipinski definition) is 2. The zero-order valence-corrected chi connectivity index (χ0v) is 17.6. The van der Waals surface area contributed by atoms with E-state index in [-0.39, 0.29) is 18.6 Å². The van der Waals surface area contributed by atoms with Crippen molar-refractivity contribution in [3.63, 3.8) is 0 Å². The molecule has 3 aromatic rings. The minimum atomic E-state index is -0.138. The van der Waals surface area contributed by atoms with Crippen LogP contribution in [0.5, 0.6) is 0 Å². The van der Waals surface area contributed by atoms with Crippen molar-refractivity contribution >= 4 is 16.9 Å². The van der Waals surface area contributed by atoms with Gasteiger partial charge in [0.05, 0.1) is 17.1 Å². The van der Waals surface area contributed by atoms with Crippen LogP contribution >= 0.6 is 0 Å². The fourth-order valence-corrected chi connectivity index (χ4v) is 4.07. The van der Waals surface area contributed by atoms with E-state index >= 15 is 0 Å². The van der Waals surface area contributed by atoms with Crippen LogP contribution in [0.3, 0.4) is 0 Å². The maximum absolute atomic E-state index is 12.6. The second-order valence-electron chi connectivity index (χ2n) is 8.06. The van der Waals surface area contributed by atoms with Crippen molar-refractivity contribution in [1.29, 1.82) is 0 Å². The van der Waals surface area contributed by atoms with Gasteiger partial charge in [0.2, 0.25) is 5.91 Å². The molecule has 1 aliphatic heterocycles. The molecule has 6 nitrogen and oxygen atoms in total. The molecule has 0 radical (unpaired) electrons. The number of aliphatic hydroxyl groups excluding tert-OH is 1. The average molecular weight is 407 g/mol. The Morgan fingerprint density at radius 1 is 1.10 bits per heavy atom. The Kier molecular flexibility index (Phi) is 6.45. The summed E-state index contributed by atoms with van der Waals surface area (Å²) in [5.41, 5.74) is 4.28. The fourth-order valence-electron chi connectivity index (χ4n) is 4.07. The molecule has 0 atom stereocenters. The van der Waals surface area contributed by atoms with E-state index < -0.39 is 0 Å². The van der Waals surface area contributed by atoms with Crippen molar-refractivity contribution in [2.75, 3.05) is 13.1 Å². The highest BCUT2D eigenvalue weighted by molar-refractivity contribution is 5.81. The molecule has 4 rings (SSSR count). The van der Waals surface area contributed by atoms with Crippen LogP contribution in [0.15, 0.2) is 48.5 Å². The van der Waals surface area contributed by atoms with E-state index in [1.54, 1.807) is 0 Å². The second-order valence-corrected chi connectivity index (χ2v) is 8.06. The van der Waals surface area contributed by atoms with Gasteiger partial charge in [0.15, 0.2) is 0 Å². The van der Waals surface area contributed by atoms with Gasteiger partial charge >= 0.3 is 0 Å². The first kappa shape index (κ1) is 20.6. The molecule has 2 heterocycles. The van der Waals surface area contributed by atoms with Gasteiger partial charge in [0, 0.05) is 32.6 Å². The normalized spacial score (nSPS) is 15.5. The van der Waals surface area contributed by atoms with Crippen LogP contribution < -0.4 is 5.32 Å². The zero-order valence-electron chi connectivity index (χ0n) is 17.6. The number of likely N-dealkylation sites (tertiary alicyclic amines) is 1.